The molecule has 9 atom stereocenters. The van der Waals surface area contributed by atoms with Crippen molar-refractivity contribution in [2.24, 2.45) is 56.7 Å². The van der Waals surface area contributed by atoms with E-state index in [1.165, 1.54) is 49.7 Å². The lowest BCUT2D eigenvalue weighted by Gasteiger charge is -2.72. The van der Waals surface area contributed by atoms with Crippen molar-refractivity contribution < 1.29 is 19.5 Å². The van der Waals surface area contributed by atoms with Gasteiger partial charge in [0.25, 0.3) is 0 Å². The molecule has 51 heavy (non-hydrogen) atoms. The van der Waals surface area contributed by atoms with E-state index in [0.717, 1.165) is 44.3 Å². The molecule has 6 aliphatic rings. The highest BCUT2D eigenvalue weighted by molar-refractivity contribution is 5.88. The summed E-state index contributed by atoms with van der Waals surface area (Å²) in [5.41, 5.74) is 4.95. The van der Waals surface area contributed by atoms with Crippen LogP contribution in [0.15, 0.2) is 42.5 Å². The van der Waals surface area contributed by atoms with Gasteiger partial charge in [-0.1, -0.05) is 65.0 Å². The molecule has 7 rings (SSSR count). The van der Waals surface area contributed by atoms with Gasteiger partial charge >= 0.3 is 12.0 Å². The fraction of sp³-hybridized carbons (Fsp3) is 0.705. The Balaban J connectivity index is 1.11. The van der Waals surface area contributed by atoms with Gasteiger partial charge in [-0.25, -0.2) is 9.59 Å². The van der Waals surface area contributed by atoms with Gasteiger partial charge in [0.15, 0.2) is 0 Å². The van der Waals surface area contributed by atoms with Crippen molar-refractivity contribution in [3.63, 3.8) is 0 Å². The monoisotopic (exact) mass is 697 g/mol. The summed E-state index contributed by atoms with van der Waals surface area (Å²) >= 11 is 0. The molecule has 5 fully saturated rings. The molecule has 7 nitrogen and oxygen atoms in total. The molecule has 0 spiro atoms. The second-order valence-electron chi connectivity index (χ2n) is 19.1. The van der Waals surface area contributed by atoms with Crippen molar-refractivity contribution in [3.8, 4) is 0 Å². The fourth-order valence-corrected chi connectivity index (χ4v) is 14.0. The SMILES string of the molecule is C=C(C)C1CCC2(CNC(=O)NCCN3CCCC3=O)CCC3(C)C(CCC4C5(C)CC=C(c6ccc(C(=O)O)cc6)C(C)(C)C5CCC43C)C12. The third-order valence-electron chi connectivity index (χ3n) is 16.7. The van der Waals surface area contributed by atoms with Crippen LogP contribution in [0.1, 0.15) is 128 Å². The Morgan fingerprint density at radius 2 is 1.67 bits per heavy atom. The van der Waals surface area contributed by atoms with Gasteiger partial charge < -0.3 is 20.6 Å². The van der Waals surface area contributed by atoms with E-state index in [2.05, 4.69) is 64.8 Å². The van der Waals surface area contributed by atoms with E-state index in [-0.39, 0.29) is 39.0 Å². The van der Waals surface area contributed by atoms with Crippen LogP contribution >= 0.6 is 0 Å². The number of benzene rings is 1. The zero-order valence-corrected chi connectivity index (χ0v) is 32.2. The molecule has 7 heteroatoms. The number of allylic oxidation sites excluding steroid dienone is 3. The van der Waals surface area contributed by atoms with E-state index in [1.54, 1.807) is 12.1 Å². The lowest BCUT2D eigenvalue weighted by Crippen LogP contribution is -2.66. The van der Waals surface area contributed by atoms with Crippen molar-refractivity contribution in [2.75, 3.05) is 26.2 Å². The molecule has 1 aromatic carbocycles. The molecule has 4 saturated carbocycles. The third-order valence-corrected chi connectivity index (χ3v) is 16.7. The molecule has 0 bridgehead atoms. The highest BCUT2D eigenvalue weighted by Crippen LogP contribution is 2.77. The largest absolute Gasteiger partial charge is 0.478 e. The van der Waals surface area contributed by atoms with E-state index in [0.29, 0.717) is 54.7 Å². The van der Waals surface area contributed by atoms with Crippen molar-refractivity contribution in [1.82, 2.24) is 15.5 Å². The molecule has 3 amide bonds. The Hall–Kier alpha value is -3.09. The standard InChI is InChI=1S/C44H63N3O4/c1-28(2)31-16-21-44(27-46-39(51)45-24-26-47-25-8-9-36(47)48)23-22-42(6)33(37(31)44)14-15-35-41(5)19-17-32(29-10-12-30(13-11-29)38(49)50)40(3,4)34(41)18-20-43(35,42)7/h10-13,17,31,33-35,37H,1,8-9,14-16,18-27H2,2-7H3,(H,49,50)(H2,45,46,51). The number of hydrogen-bond acceptors (Lipinski definition) is 3. The third kappa shape index (κ3) is 5.61. The van der Waals surface area contributed by atoms with Crippen molar-refractivity contribution in [3.05, 3.63) is 53.6 Å². The Morgan fingerprint density at radius 1 is 0.922 bits per heavy atom. The molecule has 1 aliphatic heterocycles. The number of carboxylic acids is 1. The summed E-state index contributed by atoms with van der Waals surface area (Å²) in [5.74, 6) is 2.16. The second kappa shape index (κ2) is 12.8. The van der Waals surface area contributed by atoms with Crippen LogP contribution in [0.4, 0.5) is 4.79 Å². The van der Waals surface area contributed by atoms with Crippen LogP contribution in [-0.2, 0) is 4.79 Å². The van der Waals surface area contributed by atoms with Gasteiger partial charge in [0.1, 0.15) is 0 Å². The molecule has 1 aromatic rings. The van der Waals surface area contributed by atoms with Crippen LogP contribution in [0.2, 0.25) is 0 Å². The lowest BCUT2D eigenvalue weighted by molar-refractivity contribution is -0.224. The van der Waals surface area contributed by atoms with Gasteiger partial charge in [0.05, 0.1) is 5.56 Å². The minimum Gasteiger partial charge on any atom is -0.478 e. The Kier molecular flexibility index (Phi) is 9.10. The number of hydrogen-bond donors (Lipinski definition) is 3. The summed E-state index contributed by atoms with van der Waals surface area (Å²) in [4.78, 5) is 38.6. The number of fused-ring (bicyclic) bond motifs is 7. The first-order valence-electron chi connectivity index (χ1n) is 20.1. The average molecular weight is 698 g/mol. The summed E-state index contributed by atoms with van der Waals surface area (Å²) in [5, 5.41) is 15.9. The molecular formula is C44H63N3O4. The average Bonchev–Trinajstić information content (AvgIpc) is 3.67. The number of nitrogens with zero attached hydrogens (tertiary/aromatic N) is 1. The number of urea groups is 1. The van der Waals surface area contributed by atoms with Crippen LogP contribution in [0.25, 0.3) is 5.57 Å². The number of amides is 3. The maximum atomic E-state index is 13.1. The van der Waals surface area contributed by atoms with Crippen molar-refractivity contribution in [1.29, 1.82) is 0 Å². The van der Waals surface area contributed by atoms with Gasteiger partial charge in [0, 0.05) is 32.6 Å². The normalized spacial score (nSPS) is 39.6. The molecular weight excluding hydrogens is 635 g/mol. The molecule has 1 saturated heterocycles. The van der Waals surface area contributed by atoms with Crippen molar-refractivity contribution in [2.45, 2.75) is 112 Å². The first-order valence-corrected chi connectivity index (χ1v) is 20.1. The van der Waals surface area contributed by atoms with Gasteiger partial charge in [-0.05, 0) is 151 Å². The molecule has 5 aliphatic carbocycles. The Morgan fingerprint density at radius 3 is 2.33 bits per heavy atom. The number of likely N-dealkylation sites (tertiary alicyclic amines) is 1. The Labute approximate surface area is 306 Å². The molecule has 1 heterocycles. The van der Waals surface area contributed by atoms with Crippen LogP contribution in [0.5, 0.6) is 0 Å². The van der Waals surface area contributed by atoms with E-state index < -0.39 is 5.97 Å². The number of carbonyl (C=O) groups is 3. The van der Waals surface area contributed by atoms with Gasteiger partial charge in [-0.15, -0.1) is 0 Å². The summed E-state index contributed by atoms with van der Waals surface area (Å²) < 4.78 is 0. The molecule has 3 N–H and O–H groups in total. The lowest BCUT2D eigenvalue weighted by atomic mass is 9.32. The molecule has 0 aromatic heterocycles. The first kappa shape index (κ1) is 36.3. The maximum Gasteiger partial charge on any atom is 0.335 e. The van der Waals surface area contributed by atoms with Crippen LogP contribution < -0.4 is 10.6 Å². The van der Waals surface area contributed by atoms with Crippen LogP contribution in [-0.4, -0.2) is 54.1 Å². The predicted octanol–water partition coefficient (Wildman–Crippen LogP) is 8.96. The highest BCUT2D eigenvalue weighted by atomic mass is 16.4. The van der Waals surface area contributed by atoms with Crippen LogP contribution in [0, 0.1) is 56.7 Å². The zero-order valence-electron chi connectivity index (χ0n) is 32.2. The number of nitrogens with one attached hydrogen (secondary N) is 2. The molecule has 0 radical (unpaired) electrons. The highest BCUT2D eigenvalue weighted by Gasteiger charge is 2.70. The molecule has 9 unspecified atom stereocenters. The summed E-state index contributed by atoms with van der Waals surface area (Å²) in [6.07, 6.45) is 14.8. The van der Waals surface area contributed by atoms with Crippen LogP contribution in [0.3, 0.4) is 0 Å². The van der Waals surface area contributed by atoms with Gasteiger partial charge in [0.2, 0.25) is 5.91 Å². The summed E-state index contributed by atoms with van der Waals surface area (Å²) in [7, 11) is 0. The van der Waals surface area contributed by atoms with E-state index in [4.69, 9.17) is 0 Å². The summed E-state index contributed by atoms with van der Waals surface area (Å²) in [6.45, 7) is 22.3. The number of rotatable bonds is 8. The summed E-state index contributed by atoms with van der Waals surface area (Å²) in [6, 6.07) is 7.44. The smallest absolute Gasteiger partial charge is 0.335 e. The topological polar surface area (TPSA) is 98.7 Å². The van der Waals surface area contributed by atoms with Gasteiger partial charge in [-0.3, -0.25) is 4.79 Å². The quantitative estimate of drug-likeness (QED) is 0.236. The van der Waals surface area contributed by atoms with E-state index >= 15 is 0 Å². The predicted molar refractivity (Wildman–Crippen MR) is 203 cm³/mol. The Bertz CT molecular complexity index is 1610. The second-order valence-corrected chi connectivity index (χ2v) is 19.1. The maximum absolute atomic E-state index is 13.1. The number of carbonyl (C=O) groups excluding carboxylic acids is 2. The molecule has 278 valence electrons. The first-order chi connectivity index (χ1) is 24.1. The minimum absolute atomic E-state index is 0.00864. The van der Waals surface area contributed by atoms with Gasteiger partial charge in [-0.2, -0.15) is 0 Å². The number of aromatic carboxylic acids is 1. The number of carboxylic acid groups (broad SMARTS) is 1. The minimum atomic E-state index is -0.876. The fourth-order valence-electron chi connectivity index (χ4n) is 14.0. The van der Waals surface area contributed by atoms with E-state index in [1.807, 2.05) is 17.0 Å². The zero-order chi connectivity index (χ0) is 36.6. The van der Waals surface area contributed by atoms with E-state index in [9.17, 15) is 19.5 Å². The van der Waals surface area contributed by atoms with Crippen molar-refractivity contribution >= 4 is 23.5 Å².